The van der Waals surface area contributed by atoms with E-state index in [1.807, 2.05) is 0 Å². The maximum atomic E-state index is 11.3. The highest BCUT2D eigenvalue weighted by Gasteiger charge is 2.04. The van der Waals surface area contributed by atoms with Gasteiger partial charge in [0.15, 0.2) is 0 Å². The maximum absolute atomic E-state index is 11.3. The molecule has 5 heteroatoms. The van der Waals surface area contributed by atoms with Gasteiger partial charge in [-0.2, -0.15) is 0 Å². The van der Waals surface area contributed by atoms with E-state index in [2.05, 4.69) is 5.32 Å². The largest absolute Gasteiger partial charge is 0.506 e. The number of benzene rings is 1. The van der Waals surface area contributed by atoms with Gasteiger partial charge in [-0.3, -0.25) is 4.79 Å². The normalized spacial score (nSPS) is 9.93. The minimum absolute atomic E-state index is 0.0321. The number of hydrogen-bond acceptors (Lipinski definition) is 4. The zero-order chi connectivity index (χ0) is 11.1. The molecule has 1 amide bonds. The van der Waals surface area contributed by atoms with Crippen LogP contribution in [-0.4, -0.2) is 30.8 Å². The monoisotopic (exact) mass is 210 g/mol. The van der Waals surface area contributed by atoms with Crippen LogP contribution in [0.25, 0.3) is 0 Å². The first-order valence-electron chi connectivity index (χ1n) is 4.59. The van der Waals surface area contributed by atoms with E-state index in [1.54, 1.807) is 18.2 Å². The predicted molar refractivity (Wildman–Crippen MR) is 56.6 cm³/mol. The van der Waals surface area contributed by atoms with Crippen molar-refractivity contribution in [1.82, 2.24) is 0 Å². The van der Waals surface area contributed by atoms with Gasteiger partial charge in [-0.15, -0.1) is 0 Å². The second kappa shape index (κ2) is 6.00. The summed E-state index contributed by atoms with van der Waals surface area (Å²) < 4.78 is 4.94. The Morgan fingerprint density at radius 3 is 2.87 bits per heavy atom. The van der Waals surface area contributed by atoms with Crippen LogP contribution in [0.1, 0.15) is 0 Å². The number of nitrogens with two attached hydrogens (primary N) is 1. The second-order valence-corrected chi connectivity index (χ2v) is 2.91. The van der Waals surface area contributed by atoms with Crippen LogP contribution in [0.5, 0.6) is 5.75 Å². The van der Waals surface area contributed by atoms with Gasteiger partial charge in [0.05, 0.1) is 12.3 Å². The Morgan fingerprint density at radius 2 is 2.20 bits per heavy atom. The summed E-state index contributed by atoms with van der Waals surface area (Å²) in [6.45, 7) is 0.656. The number of nitrogens with one attached hydrogen (secondary N) is 1. The molecule has 1 aromatic rings. The molecule has 0 saturated heterocycles. The minimum Gasteiger partial charge on any atom is -0.506 e. The standard InChI is InChI=1S/C10H14N2O3/c11-5-6-15-7-10(14)12-8-3-1-2-4-9(8)13/h1-4,13H,5-7,11H2,(H,12,14). The number of ether oxygens (including phenoxy) is 1. The van der Waals surface area contributed by atoms with E-state index in [9.17, 15) is 9.90 Å². The highest BCUT2D eigenvalue weighted by atomic mass is 16.5. The number of rotatable bonds is 5. The third-order valence-electron chi connectivity index (χ3n) is 1.67. The van der Waals surface area contributed by atoms with E-state index >= 15 is 0 Å². The molecule has 0 saturated carbocycles. The predicted octanol–water partition coefficient (Wildman–Crippen LogP) is 0.306. The molecule has 0 heterocycles. The molecule has 0 aliphatic heterocycles. The van der Waals surface area contributed by atoms with Gasteiger partial charge in [0.2, 0.25) is 5.91 Å². The van der Waals surface area contributed by atoms with Crippen molar-refractivity contribution in [2.24, 2.45) is 5.73 Å². The van der Waals surface area contributed by atoms with Gasteiger partial charge in [-0.25, -0.2) is 0 Å². The molecule has 4 N–H and O–H groups in total. The summed E-state index contributed by atoms with van der Waals surface area (Å²) in [5.41, 5.74) is 5.57. The van der Waals surface area contributed by atoms with Crippen LogP contribution in [-0.2, 0) is 9.53 Å². The number of carbonyl (C=O) groups excluding carboxylic acids is 1. The molecular weight excluding hydrogens is 196 g/mol. The molecule has 15 heavy (non-hydrogen) atoms. The van der Waals surface area contributed by atoms with Crippen molar-refractivity contribution in [2.45, 2.75) is 0 Å². The maximum Gasteiger partial charge on any atom is 0.250 e. The van der Waals surface area contributed by atoms with Crippen molar-refractivity contribution in [3.05, 3.63) is 24.3 Å². The number of phenols is 1. The van der Waals surface area contributed by atoms with Crippen molar-refractivity contribution >= 4 is 11.6 Å². The molecule has 0 unspecified atom stereocenters. The fraction of sp³-hybridized carbons (Fsp3) is 0.300. The third-order valence-corrected chi connectivity index (χ3v) is 1.67. The summed E-state index contributed by atoms with van der Waals surface area (Å²) in [7, 11) is 0. The fourth-order valence-corrected chi connectivity index (χ4v) is 1.01. The van der Waals surface area contributed by atoms with Crippen LogP contribution < -0.4 is 11.1 Å². The first kappa shape index (κ1) is 11.5. The van der Waals surface area contributed by atoms with Crippen LogP contribution in [0.15, 0.2) is 24.3 Å². The van der Waals surface area contributed by atoms with Crippen molar-refractivity contribution in [2.75, 3.05) is 25.1 Å². The summed E-state index contributed by atoms with van der Waals surface area (Å²) in [6.07, 6.45) is 0. The van der Waals surface area contributed by atoms with Crippen molar-refractivity contribution in [3.63, 3.8) is 0 Å². The first-order chi connectivity index (χ1) is 7.24. The molecule has 0 bridgehead atoms. The smallest absolute Gasteiger partial charge is 0.250 e. The van der Waals surface area contributed by atoms with E-state index < -0.39 is 0 Å². The molecule has 82 valence electrons. The zero-order valence-corrected chi connectivity index (χ0v) is 8.27. The van der Waals surface area contributed by atoms with Crippen LogP contribution in [0.4, 0.5) is 5.69 Å². The average molecular weight is 210 g/mol. The number of para-hydroxylation sites is 2. The van der Waals surface area contributed by atoms with Gasteiger partial charge in [-0.1, -0.05) is 12.1 Å². The lowest BCUT2D eigenvalue weighted by molar-refractivity contribution is -0.120. The van der Waals surface area contributed by atoms with Gasteiger partial charge in [0.1, 0.15) is 12.4 Å². The lowest BCUT2D eigenvalue weighted by Gasteiger charge is -2.06. The van der Waals surface area contributed by atoms with E-state index in [-0.39, 0.29) is 18.3 Å². The van der Waals surface area contributed by atoms with E-state index in [1.165, 1.54) is 6.07 Å². The Labute approximate surface area is 87.9 Å². The number of anilines is 1. The molecule has 0 aromatic heterocycles. The van der Waals surface area contributed by atoms with Crippen LogP contribution in [0.2, 0.25) is 0 Å². The Bertz CT molecular complexity index is 328. The summed E-state index contributed by atoms with van der Waals surface area (Å²) in [5, 5.41) is 11.9. The van der Waals surface area contributed by atoms with Crippen LogP contribution >= 0.6 is 0 Å². The highest BCUT2D eigenvalue weighted by Crippen LogP contribution is 2.20. The second-order valence-electron chi connectivity index (χ2n) is 2.91. The number of phenolic OH excluding ortho intramolecular Hbond substituents is 1. The molecule has 0 radical (unpaired) electrons. The molecule has 0 aliphatic carbocycles. The molecule has 0 aliphatic rings. The summed E-state index contributed by atoms with van der Waals surface area (Å²) in [6, 6.07) is 6.50. The topological polar surface area (TPSA) is 84.6 Å². The highest BCUT2D eigenvalue weighted by molar-refractivity contribution is 5.93. The first-order valence-corrected chi connectivity index (χ1v) is 4.59. The average Bonchev–Trinajstić information content (AvgIpc) is 2.22. The molecule has 5 nitrogen and oxygen atoms in total. The van der Waals surface area contributed by atoms with Crippen molar-refractivity contribution in [1.29, 1.82) is 0 Å². The van der Waals surface area contributed by atoms with Gasteiger partial charge >= 0.3 is 0 Å². The molecule has 0 atom stereocenters. The third kappa shape index (κ3) is 3.97. The summed E-state index contributed by atoms with van der Waals surface area (Å²) in [5.74, 6) is -0.283. The quantitative estimate of drug-likeness (QED) is 0.482. The minimum atomic E-state index is -0.315. The Hall–Kier alpha value is -1.59. The lowest BCUT2D eigenvalue weighted by atomic mass is 10.3. The number of hydrogen-bond donors (Lipinski definition) is 3. The van der Waals surface area contributed by atoms with E-state index in [0.29, 0.717) is 18.8 Å². The molecule has 1 rings (SSSR count). The molecule has 0 spiro atoms. The Morgan fingerprint density at radius 1 is 1.47 bits per heavy atom. The molecule has 0 fully saturated rings. The molecule has 1 aromatic carbocycles. The van der Waals surface area contributed by atoms with Crippen LogP contribution in [0.3, 0.4) is 0 Å². The van der Waals surface area contributed by atoms with Crippen molar-refractivity contribution < 1.29 is 14.6 Å². The summed E-state index contributed by atoms with van der Waals surface area (Å²) in [4.78, 5) is 11.3. The number of carbonyl (C=O) groups is 1. The Kier molecular flexibility index (Phi) is 4.59. The van der Waals surface area contributed by atoms with Crippen molar-refractivity contribution in [3.8, 4) is 5.75 Å². The van der Waals surface area contributed by atoms with E-state index in [4.69, 9.17) is 10.5 Å². The SMILES string of the molecule is NCCOCC(=O)Nc1ccccc1O. The van der Waals surface area contributed by atoms with Gasteiger partial charge < -0.3 is 20.9 Å². The lowest BCUT2D eigenvalue weighted by Crippen LogP contribution is -2.20. The Balaban J connectivity index is 2.41. The number of aromatic hydroxyl groups is 1. The number of amides is 1. The van der Waals surface area contributed by atoms with Gasteiger partial charge in [0, 0.05) is 6.54 Å². The van der Waals surface area contributed by atoms with Crippen LogP contribution in [0, 0.1) is 0 Å². The summed E-state index contributed by atoms with van der Waals surface area (Å²) >= 11 is 0. The molecular formula is C10H14N2O3. The van der Waals surface area contributed by atoms with Gasteiger partial charge in [0.25, 0.3) is 0 Å². The van der Waals surface area contributed by atoms with Gasteiger partial charge in [-0.05, 0) is 12.1 Å². The van der Waals surface area contributed by atoms with E-state index in [0.717, 1.165) is 0 Å². The zero-order valence-electron chi connectivity index (χ0n) is 8.27. The fourth-order valence-electron chi connectivity index (χ4n) is 1.01.